The van der Waals surface area contributed by atoms with Crippen LogP contribution in [0.15, 0.2) is 24.3 Å². The molecule has 0 bridgehead atoms. The van der Waals surface area contributed by atoms with Crippen LogP contribution in [0.1, 0.15) is 24.8 Å². The number of hydrogen-bond donors (Lipinski definition) is 1. The Bertz CT molecular complexity index is 759. The first-order valence-corrected chi connectivity index (χ1v) is 9.09. The number of ether oxygens (including phenoxy) is 1. The first kappa shape index (κ1) is 17.0. The van der Waals surface area contributed by atoms with Crippen LogP contribution in [0.25, 0.3) is 0 Å². The third-order valence-electron chi connectivity index (χ3n) is 5.83. The smallest absolute Gasteiger partial charge is 0.240 e. The van der Waals surface area contributed by atoms with E-state index in [1.54, 1.807) is 0 Å². The van der Waals surface area contributed by atoms with Crippen molar-refractivity contribution in [1.29, 1.82) is 0 Å². The van der Waals surface area contributed by atoms with E-state index in [0.29, 0.717) is 32.7 Å². The molecule has 3 aliphatic heterocycles. The van der Waals surface area contributed by atoms with Gasteiger partial charge >= 0.3 is 0 Å². The van der Waals surface area contributed by atoms with Gasteiger partial charge in [0.2, 0.25) is 17.7 Å². The Kier molecular flexibility index (Phi) is 4.19. The molecule has 1 aromatic rings. The van der Waals surface area contributed by atoms with Crippen molar-refractivity contribution in [3.05, 3.63) is 29.8 Å². The summed E-state index contributed by atoms with van der Waals surface area (Å²) in [5.74, 6) is -0.575. The van der Waals surface area contributed by atoms with Crippen molar-refractivity contribution < 1.29 is 19.1 Å². The molecule has 1 spiro atoms. The Labute approximate surface area is 152 Å². The molecule has 7 nitrogen and oxygen atoms in total. The summed E-state index contributed by atoms with van der Waals surface area (Å²) in [6.07, 6.45) is 2.05. The number of likely N-dealkylation sites (tertiary alicyclic amines) is 1. The summed E-state index contributed by atoms with van der Waals surface area (Å²) in [5, 5.41) is 0. The molecule has 26 heavy (non-hydrogen) atoms. The van der Waals surface area contributed by atoms with Crippen LogP contribution in [0.5, 0.6) is 0 Å². The van der Waals surface area contributed by atoms with E-state index in [1.165, 1.54) is 4.90 Å². The zero-order valence-corrected chi connectivity index (χ0v) is 14.6. The lowest BCUT2D eigenvalue weighted by Crippen LogP contribution is -2.46. The van der Waals surface area contributed by atoms with Crippen molar-refractivity contribution in [2.45, 2.75) is 24.7 Å². The van der Waals surface area contributed by atoms with Gasteiger partial charge in [0.1, 0.15) is 6.54 Å². The summed E-state index contributed by atoms with van der Waals surface area (Å²) in [5.41, 5.74) is 6.22. The number of fused-ring (bicyclic) bond motifs is 2. The van der Waals surface area contributed by atoms with Gasteiger partial charge in [-0.05, 0) is 30.9 Å². The van der Waals surface area contributed by atoms with Crippen LogP contribution < -0.4 is 10.6 Å². The SMILES string of the molecule is NC(=O)CN1C(=O)[C@]2(CCN(C(=O)C3CCOCC3)C2)c2ccccc21. The number of nitrogens with two attached hydrogens (primary N) is 1. The highest BCUT2D eigenvalue weighted by atomic mass is 16.5. The van der Waals surface area contributed by atoms with Crippen molar-refractivity contribution in [1.82, 2.24) is 4.90 Å². The molecule has 1 atom stereocenters. The quantitative estimate of drug-likeness (QED) is 0.848. The topological polar surface area (TPSA) is 92.9 Å². The standard InChI is InChI=1S/C19H23N3O4/c20-16(23)11-22-15-4-2-1-3-14(15)19(18(22)25)7-8-21(12-19)17(24)13-5-9-26-10-6-13/h1-4,13H,5-12H2,(H2,20,23)/t19-/m0/s1. The minimum absolute atomic E-state index is 0.0210. The molecule has 0 aromatic heterocycles. The van der Waals surface area contributed by atoms with Gasteiger partial charge in [-0.2, -0.15) is 0 Å². The van der Waals surface area contributed by atoms with Crippen LogP contribution in [0.4, 0.5) is 5.69 Å². The monoisotopic (exact) mass is 357 g/mol. The molecule has 0 radical (unpaired) electrons. The molecule has 2 fully saturated rings. The number of carbonyl (C=O) groups is 3. The minimum atomic E-state index is -0.757. The number of primary amides is 1. The number of hydrogen-bond acceptors (Lipinski definition) is 4. The van der Waals surface area contributed by atoms with E-state index in [2.05, 4.69) is 0 Å². The third kappa shape index (κ3) is 2.58. The lowest BCUT2D eigenvalue weighted by Gasteiger charge is -2.28. The van der Waals surface area contributed by atoms with Crippen LogP contribution in [0.2, 0.25) is 0 Å². The fourth-order valence-corrected chi connectivity index (χ4v) is 4.50. The van der Waals surface area contributed by atoms with E-state index < -0.39 is 11.3 Å². The van der Waals surface area contributed by atoms with Gasteiger partial charge in [-0.15, -0.1) is 0 Å². The summed E-state index contributed by atoms with van der Waals surface area (Å²) in [6.45, 7) is 2.02. The Hall–Kier alpha value is -2.41. The molecule has 0 saturated carbocycles. The zero-order valence-electron chi connectivity index (χ0n) is 14.6. The van der Waals surface area contributed by atoms with Crippen molar-refractivity contribution in [2.24, 2.45) is 11.7 Å². The Morgan fingerprint density at radius 2 is 1.96 bits per heavy atom. The minimum Gasteiger partial charge on any atom is -0.381 e. The van der Waals surface area contributed by atoms with E-state index in [0.717, 1.165) is 24.1 Å². The first-order chi connectivity index (χ1) is 12.5. The van der Waals surface area contributed by atoms with E-state index >= 15 is 0 Å². The summed E-state index contributed by atoms with van der Waals surface area (Å²) < 4.78 is 5.35. The second-order valence-electron chi connectivity index (χ2n) is 7.35. The summed E-state index contributed by atoms with van der Waals surface area (Å²) >= 11 is 0. The average molecular weight is 357 g/mol. The second kappa shape index (κ2) is 6.39. The molecule has 2 N–H and O–H groups in total. The van der Waals surface area contributed by atoms with Gasteiger partial charge in [-0.3, -0.25) is 14.4 Å². The summed E-state index contributed by atoms with van der Waals surface area (Å²) in [7, 11) is 0. The number of carbonyl (C=O) groups excluding carboxylic acids is 3. The maximum atomic E-state index is 13.2. The van der Waals surface area contributed by atoms with Crippen LogP contribution in [-0.4, -0.2) is 55.5 Å². The molecular weight excluding hydrogens is 334 g/mol. The molecular formula is C19H23N3O4. The fraction of sp³-hybridized carbons (Fsp3) is 0.526. The Morgan fingerprint density at radius 3 is 2.69 bits per heavy atom. The summed E-state index contributed by atoms with van der Waals surface area (Å²) in [4.78, 5) is 40.9. The summed E-state index contributed by atoms with van der Waals surface area (Å²) in [6, 6.07) is 7.51. The second-order valence-corrected chi connectivity index (χ2v) is 7.35. The number of amides is 3. The number of nitrogens with zero attached hydrogens (tertiary/aromatic N) is 2. The third-order valence-corrected chi connectivity index (χ3v) is 5.83. The molecule has 4 rings (SSSR count). The molecule has 3 aliphatic rings. The molecule has 0 aliphatic carbocycles. The van der Waals surface area contributed by atoms with Gasteiger partial charge < -0.3 is 20.3 Å². The largest absolute Gasteiger partial charge is 0.381 e. The molecule has 1 aromatic carbocycles. The lowest BCUT2D eigenvalue weighted by atomic mass is 9.81. The van der Waals surface area contributed by atoms with Crippen LogP contribution in [-0.2, 0) is 24.5 Å². The molecule has 7 heteroatoms. The molecule has 2 saturated heterocycles. The Morgan fingerprint density at radius 1 is 1.23 bits per heavy atom. The number of para-hydroxylation sites is 1. The van der Waals surface area contributed by atoms with Gasteiger partial charge in [0.05, 0.1) is 5.41 Å². The van der Waals surface area contributed by atoms with E-state index in [4.69, 9.17) is 10.5 Å². The number of anilines is 1. The van der Waals surface area contributed by atoms with Crippen LogP contribution in [0.3, 0.4) is 0 Å². The van der Waals surface area contributed by atoms with Gasteiger partial charge in [0.25, 0.3) is 0 Å². The zero-order chi connectivity index (χ0) is 18.3. The Balaban J connectivity index is 1.61. The van der Waals surface area contributed by atoms with Crippen LogP contribution in [0, 0.1) is 5.92 Å². The highest BCUT2D eigenvalue weighted by molar-refractivity contribution is 6.11. The highest BCUT2D eigenvalue weighted by Gasteiger charge is 2.55. The average Bonchev–Trinajstić information content (AvgIpc) is 3.20. The molecule has 3 heterocycles. The van der Waals surface area contributed by atoms with Crippen molar-refractivity contribution >= 4 is 23.4 Å². The van der Waals surface area contributed by atoms with Gasteiger partial charge in [0, 0.05) is 37.9 Å². The van der Waals surface area contributed by atoms with Crippen LogP contribution >= 0.6 is 0 Å². The predicted molar refractivity (Wildman–Crippen MR) is 94.4 cm³/mol. The first-order valence-electron chi connectivity index (χ1n) is 9.09. The fourth-order valence-electron chi connectivity index (χ4n) is 4.50. The van der Waals surface area contributed by atoms with Crippen molar-refractivity contribution in [3.8, 4) is 0 Å². The maximum absolute atomic E-state index is 13.2. The maximum Gasteiger partial charge on any atom is 0.240 e. The highest BCUT2D eigenvalue weighted by Crippen LogP contribution is 2.47. The van der Waals surface area contributed by atoms with Crippen molar-refractivity contribution in [2.75, 3.05) is 37.7 Å². The van der Waals surface area contributed by atoms with Gasteiger partial charge in [-0.25, -0.2) is 0 Å². The number of rotatable bonds is 3. The lowest BCUT2D eigenvalue weighted by molar-refractivity contribution is -0.138. The molecule has 0 unspecified atom stereocenters. The van der Waals surface area contributed by atoms with E-state index in [9.17, 15) is 14.4 Å². The van der Waals surface area contributed by atoms with Crippen molar-refractivity contribution in [3.63, 3.8) is 0 Å². The van der Waals surface area contributed by atoms with E-state index in [1.807, 2.05) is 29.2 Å². The normalized spacial score (nSPS) is 25.8. The molecule has 3 amide bonds. The van der Waals surface area contributed by atoms with E-state index in [-0.39, 0.29) is 24.3 Å². The van der Waals surface area contributed by atoms with Gasteiger partial charge in [-0.1, -0.05) is 18.2 Å². The van der Waals surface area contributed by atoms with Gasteiger partial charge in [0.15, 0.2) is 0 Å². The number of benzene rings is 1. The predicted octanol–water partition coefficient (Wildman–Crippen LogP) is 0.415. The molecule has 138 valence electrons.